The van der Waals surface area contributed by atoms with Crippen molar-refractivity contribution in [3.8, 4) is 5.75 Å². The van der Waals surface area contributed by atoms with Gasteiger partial charge in [-0.15, -0.1) is 0 Å². The molecule has 0 radical (unpaired) electrons. The number of aryl methyl sites for hydroxylation is 1. The van der Waals surface area contributed by atoms with Gasteiger partial charge in [-0.25, -0.2) is 0 Å². The van der Waals surface area contributed by atoms with E-state index in [0.29, 0.717) is 16.3 Å². The van der Waals surface area contributed by atoms with Crippen molar-refractivity contribution in [3.63, 3.8) is 0 Å². The summed E-state index contributed by atoms with van der Waals surface area (Å²) in [5, 5.41) is 14.1. The summed E-state index contributed by atoms with van der Waals surface area (Å²) < 4.78 is 5.32. The molecule has 2 rings (SSSR count). The van der Waals surface area contributed by atoms with E-state index in [1.807, 2.05) is 6.92 Å². The minimum Gasteiger partial charge on any atom is -0.484 e. The van der Waals surface area contributed by atoms with E-state index >= 15 is 0 Å². The molecule has 2 aromatic carbocycles. The summed E-state index contributed by atoms with van der Waals surface area (Å²) in [6.45, 7) is 3.26. The Morgan fingerprint density at radius 3 is 2.70 bits per heavy atom. The van der Waals surface area contributed by atoms with Gasteiger partial charge in [-0.1, -0.05) is 23.7 Å². The lowest BCUT2D eigenvalue weighted by Gasteiger charge is -2.11. The number of nitro groups is 1. The molecule has 0 unspecified atom stereocenters. The molecule has 0 atom stereocenters. The number of anilines is 1. The first-order chi connectivity index (χ1) is 10.9. The number of rotatable bonds is 5. The zero-order valence-electron chi connectivity index (χ0n) is 12.6. The monoisotopic (exact) mass is 334 g/mol. The zero-order valence-corrected chi connectivity index (χ0v) is 13.4. The third-order valence-corrected chi connectivity index (χ3v) is 3.58. The van der Waals surface area contributed by atoms with Crippen LogP contribution in [0.3, 0.4) is 0 Å². The van der Waals surface area contributed by atoms with Gasteiger partial charge in [0.25, 0.3) is 11.6 Å². The Balaban J connectivity index is 2.11. The summed E-state index contributed by atoms with van der Waals surface area (Å²) in [5.74, 6) is -0.0371. The van der Waals surface area contributed by atoms with E-state index in [9.17, 15) is 14.9 Å². The molecule has 0 spiro atoms. The van der Waals surface area contributed by atoms with Gasteiger partial charge in [0.2, 0.25) is 0 Å². The van der Waals surface area contributed by atoms with Crippen LogP contribution in [0.15, 0.2) is 36.4 Å². The standard InChI is InChI=1S/C16H15ClN2O4/c1-10-6-7-14(19(21)22)16(11(10)2)18-15(20)9-23-13-5-3-4-12(17)8-13/h3-8H,9H2,1-2H3,(H,18,20). The zero-order chi connectivity index (χ0) is 17.0. The van der Waals surface area contributed by atoms with Crippen molar-refractivity contribution in [3.05, 3.63) is 62.7 Å². The van der Waals surface area contributed by atoms with Crippen LogP contribution in [0.25, 0.3) is 0 Å². The van der Waals surface area contributed by atoms with Gasteiger partial charge in [-0.3, -0.25) is 14.9 Å². The molecule has 0 aromatic heterocycles. The fourth-order valence-electron chi connectivity index (χ4n) is 1.99. The minimum absolute atomic E-state index is 0.149. The summed E-state index contributed by atoms with van der Waals surface area (Å²) in [7, 11) is 0. The van der Waals surface area contributed by atoms with Crippen LogP contribution in [0.1, 0.15) is 11.1 Å². The van der Waals surface area contributed by atoms with Gasteiger partial charge >= 0.3 is 0 Å². The van der Waals surface area contributed by atoms with Crippen molar-refractivity contribution in [2.24, 2.45) is 0 Å². The van der Waals surface area contributed by atoms with Crippen molar-refractivity contribution < 1.29 is 14.5 Å². The highest BCUT2D eigenvalue weighted by atomic mass is 35.5. The van der Waals surface area contributed by atoms with E-state index in [-0.39, 0.29) is 18.0 Å². The number of nitrogens with zero attached hydrogens (tertiary/aromatic N) is 1. The fourth-order valence-corrected chi connectivity index (χ4v) is 2.17. The van der Waals surface area contributed by atoms with Gasteiger partial charge in [0, 0.05) is 11.1 Å². The van der Waals surface area contributed by atoms with Crippen molar-refractivity contribution in [1.82, 2.24) is 0 Å². The van der Waals surface area contributed by atoms with E-state index in [1.165, 1.54) is 6.07 Å². The molecular weight excluding hydrogens is 320 g/mol. The third-order valence-electron chi connectivity index (χ3n) is 3.34. The molecule has 6 nitrogen and oxygen atoms in total. The third kappa shape index (κ3) is 4.20. The number of halogens is 1. The van der Waals surface area contributed by atoms with Crippen LogP contribution in [-0.2, 0) is 4.79 Å². The molecule has 0 fully saturated rings. The Hall–Kier alpha value is -2.60. The van der Waals surface area contributed by atoms with E-state index in [2.05, 4.69) is 5.32 Å². The van der Waals surface area contributed by atoms with E-state index < -0.39 is 10.8 Å². The Morgan fingerprint density at radius 2 is 2.04 bits per heavy atom. The number of carbonyl (C=O) groups excluding carboxylic acids is 1. The van der Waals surface area contributed by atoms with Gasteiger partial charge in [-0.05, 0) is 43.2 Å². The number of ether oxygens (including phenoxy) is 1. The second-order valence-electron chi connectivity index (χ2n) is 4.95. The van der Waals surface area contributed by atoms with Crippen LogP contribution in [0.2, 0.25) is 5.02 Å². The number of amides is 1. The quantitative estimate of drug-likeness (QED) is 0.664. The molecule has 2 aromatic rings. The lowest BCUT2D eigenvalue weighted by molar-refractivity contribution is -0.384. The van der Waals surface area contributed by atoms with Gasteiger partial charge in [0.1, 0.15) is 11.4 Å². The van der Waals surface area contributed by atoms with Crippen LogP contribution in [-0.4, -0.2) is 17.4 Å². The first-order valence-electron chi connectivity index (χ1n) is 6.81. The number of nitro benzene ring substituents is 1. The van der Waals surface area contributed by atoms with Crippen molar-refractivity contribution in [2.75, 3.05) is 11.9 Å². The highest BCUT2D eigenvalue weighted by molar-refractivity contribution is 6.30. The molecule has 0 aliphatic heterocycles. The number of carbonyl (C=O) groups is 1. The van der Waals surface area contributed by atoms with Crippen molar-refractivity contribution in [2.45, 2.75) is 13.8 Å². The smallest absolute Gasteiger partial charge is 0.293 e. The number of nitrogens with one attached hydrogen (secondary N) is 1. The van der Waals surface area contributed by atoms with E-state index in [4.69, 9.17) is 16.3 Å². The Kier molecular flexibility index (Phi) is 5.18. The molecule has 1 amide bonds. The molecule has 7 heteroatoms. The van der Waals surface area contributed by atoms with Gasteiger partial charge in [0.15, 0.2) is 6.61 Å². The van der Waals surface area contributed by atoms with Crippen LogP contribution < -0.4 is 10.1 Å². The Morgan fingerprint density at radius 1 is 1.30 bits per heavy atom. The summed E-state index contributed by atoms with van der Waals surface area (Å²) in [4.78, 5) is 22.6. The van der Waals surface area contributed by atoms with Crippen molar-refractivity contribution in [1.29, 1.82) is 0 Å². The molecule has 0 bridgehead atoms. The van der Waals surface area contributed by atoms with E-state index in [1.54, 1.807) is 37.3 Å². The van der Waals surface area contributed by atoms with Gasteiger partial charge < -0.3 is 10.1 Å². The first-order valence-corrected chi connectivity index (χ1v) is 7.19. The van der Waals surface area contributed by atoms with Crippen LogP contribution in [0.4, 0.5) is 11.4 Å². The maximum absolute atomic E-state index is 12.0. The summed E-state index contributed by atoms with van der Waals surface area (Å²) >= 11 is 5.83. The van der Waals surface area contributed by atoms with Crippen LogP contribution >= 0.6 is 11.6 Å². The molecule has 23 heavy (non-hydrogen) atoms. The molecule has 0 saturated carbocycles. The normalized spacial score (nSPS) is 10.2. The summed E-state index contributed by atoms with van der Waals surface area (Å²) in [6.07, 6.45) is 0. The maximum Gasteiger partial charge on any atom is 0.293 e. The second-order valence-corrected chi connectivity index (χ2v) is 5.39. The van der Waals surface area contributed by atoms with Crippen LogP contribution in [0.5, 0.6) is 5.75 Å². The summed E-state index contributed by atoms with van der Waals surface area (Å²) in [5.41, 5.74) is 1.54. The lowest BCUT2D eigenvalue weighted by atomic mass is 10.1. The molecule has 0 aliphatic carbocycles. The largest absolute Gasteiger partial charge is 0.484 e. The first kappa shape index (κ1) is 16.8. The van der Waals surface area contributed by atoms with E-state index in [0.717, 1.165) is 5.56 Å². The van der Waals surface area contributed by atoms with Crippen LogP contribution in [0, 0.1) is 24.0 Å². The lowest BCUT2D eigenvalue weighted by Crippen LogP contribution is -2.21. The second kappa shape index (κ2) is 7.11. The molecule has 0 saturated heterocycles. The molecular formula is C16H15ClN2O4. The molecule has 120 valence electrons. The predicted octanol–water partition coefficient (Wildman–Crippen LogP) is 3.88. The maximum atomic E-state index is 12.0. The predicted molar refractivity (Wildman–Crippen MR) is 88.1 cm³/mol. The Bertz CT molecular complexity index is 762. The van der Waals surface area contributed by atoms with Crippen molar-refractivity contribution >= 4 is 28.9 Å². The molecule has 0 aliphatic rings. The van der Waals surface area contributed by atoms with Gasteiger partial charge in [-0.2, -0.15) is 0 Å². The minimum atomic E-state index is -0.528. The highest BCUT2D eigenvalue weighted by Crippen LogP contribution is 2.30. The Labute approximate surface area is 138 Å². The number of hydrogen-bond donors (Lipinski definition) is 1. The number of benzene rings is 2. The highest BCUT2D eigenvalue weighted by Gasteiger charge is 2.19. The fraction of sp³-hybridized carbons (Fsp3) is 0.188. The average Bonchev–Trinajstić information content (AvgIpc) is 2.50. The topological polar surface area (TPSA) is 81.5 Å². The summed E-state index contributed by atoms with van der Waals surface area (Å²) in [6, 6.07) is 9.65. The average molecular weight is 335 g/mol. The molecule has 0 heterocycles. The van der Waals surface area contributed by atoms with Gasteiger partial charge in [0.05, 0.1) is 4.92 Å². The molecule has 1 N–H and O–H groups in total. The number of hydrogen-bond acceptors (Lipinski definition) is 4. The SMILES string of the molecule is Cc1ccc([N+](=O)[O-])c(NC(=O)COc2cccc(Cl)c2)c1C.